The summed E-state index contributed by atoms with van der Waals surface area (Å²) in [5, 5.41) is 4.54. The molecule has 20 heavy (non-hydrogen) atoms. The summed E-state index contributed by atoms with van der Waals surface area (Å²) in [7, 11) is 0. The fourth-order valence-corrected chi connectivity index (χ4v) is 3.40. The molecule has 1 N–H and O–H groups in total. The number of halogens is 3. The molecule has 3 nitrogen and oxygen atoms in total. The van der Waals surface area contributed by atoms with Gasteiger partial charge in [-0.05, 0) is 25.1 Å². The molecule has 2 rings (SSSR count). The topological polar surface area (TPSA) is 32.3 Å². The Balaban J connectivity index is 0.00000200. The van der Waals surface area contributed by atoms with E-state index in [0.717, 1.165) is 24.5 Å². The van der Waals surface area contributed by atoms with Crippen LogP contribution in [0.25, 0.3) is 0 Å². The molecule has 1 amide bonds. The number of hydrogen-bond acceptors (Lipinski definition) is 3. The summed E-state index contributed by atoms with van der Waals surface area (Å²) < 4.78 is 0. The van der Waals surface area contributed by atoms with Gasteiger partial charge in [0.2, 0.25) is 5.91 Å². The zero-order chi connectivity index (χ0) is 13.8. The van der Waals surface area contributed by atoms with Gasteiger partial charge in [0.1, 0.15) is 0 Å². The quantitative estimate of drug-likeness (QED) is 0.844. The Morgan fingerprint density at radius 1 is 1.50 bits per heavy atom. The molecule has 1 unspecified atom stereocenters. The third kappa shape index (κ3) is 4.71. The Morgan fingerprint density at radius 2 is 2.25 bits per heavy atom. The number of carbonyl (C=O) groups excluding carboxylic acids is 1. The maximum Gasteiger partial charge on any atom is 0.233 e. The smallest absolute Gasteiger partial charge is 0.233 e. The molecule has 1 aliphatic rings. The third-order valence-corrected chi connectivity index (χ3v) is 4.78. The number of nitrogens with zero attached hydrogens (tertiary/aromatic N) is 1. The maximum atomic E-state index is 12.2. The first kappa shape index (κ1) is 17.9. The fraction of sp³-hybridized carbons (Fsp3) is 0.462. The number of benzene rings is 1. The van der Waals surface area contributed by atoms with Crippen molar-refractivity contribution in [2.24, 2.45) is 0 Å². The van der Waals surface area contributed by atoms with Gasteiger partial charge in [0.15, 0.2) is 0 Å². The van der Waals surface area contributed by atoms with E-state index >= 15 is 0 Å². The van der Waals surface area contributed by atoms with Crippen LogP contribution in [0.4, 0.5) is 0 Å². The lowest BCUT2D eigenvalue weighted by molar-refractivity contribution is -0.131. The van der Waals surface area contributed by atoms with E-state index in [1.165, 1.54) is 11.8 Å². The van der Waals surface area contributed by atoms with Crippen molar-refractivity contribution in [3.8, 4) is 0 Å². The van der Waals surface area contributed by atoms with Crippen LogP contribution in [0.3, 0.4) is 0 Å². The van der Waals surface area contributed by atoms with Crippen LogP contribution in [0, 0.1) is 0 Å². The second-order valence-electron chi connectivity index (χ2n) is 4.50. The summed E-state index contributed by atoms with van der Waals surface area (Å²) in [6.07, 6.45) is 0. The van der Waals surface area contributed by atoms with E-state index in [2.05, 4.69) is 12.2 Å². The molecule has 0 radical (unpaired) electrons. The van der Waals surface area contributed by atoms with Gasteiger partial charge in [-0.15, -0.1) is 24.2 Å². The molecule has 1 fully saturated rings. The van der Waals surface area contributed by atoms with E-state index in [9.17, 15) is 4.79 Å². The van der Waals surface area contributed by atoms with E-state index in [1.807, 2.05) is 4.90 Å². The van der Waals surface area contributed by atoms with Crippen molar-refractivity contribution in [2.45, 2.75) is 17.9 Å². The van der Waals surface area contributed by atoms with Gasteiger partial charge in [-0.2, -0.15) is 0 Å². The lowest BCUT2D eigenvalue weighted by Gasteiger charge is -2.34. The molecule has 112 valence electrons. The first-order valence-electron chi connectivity index (χ1n) is 6.16. The third-order valence-electron chi connectivity index (χ3n) is 3.07. The van der Waals surface area contributed by atoms with E-state index in [-0.39, 0.29) is 24.4 Å². The van der Waals surface area contributed by atoms with Crippen LogP contribution in [0.5, 0.6) is 0 Å². The molecule has 1 heterocycles. The van der Waals surface area contributed by atoms with Gasteiger partial charge >= 0.3 is 0 Å². The molecule has 0 bridgehead atoms. The number of thioether (sulfide) groups is 1. The Hall–Kier alpha value is -0.130. The van der Waals surface area contributed by atoms with Crippen molar-refractivity contribution in [3.05, 3.63) is 28.2 Å². The summed E-state index contributed by atoms with van der Waals surface area (Å²) in [5.74, 6) is 0.541. The number of rotatable bonds is 3. The molecule has 0 spiro atoms. The van der Waals surface area contributed by atoms with Crippen molar-refractivity contribution in [3.63, 3.8) is 0 Å². The van der Waals surface area contributed by atoms with Gasteiger partial charge in [-0.3, -0.25) is 4.79 Å². The number of hydrogen-bond donors (Lipinski definition) is 1. The zero-order valence-electron chi connectivity index (χ0n) is 11.1. The number of nitrogens with one attached hydrogen (secondary N) is 1. The average molecular weight is 356 g/mol. The minimum absolute atomic E-state index is 0. The standard InChI is InChI=1S/C13H16Cl2N2OS.ClH/c1-9-7-16-4-5-17(9)13(18)8-19-12-6-10(14)2-3-11(12)15;/h2-3,6,9,16H,4-5,7-8H2,1H3;1H. The molecule has 1 aliphatic heterocycles. The van der Waals surface area contributed by atoms with Crippen LogP contribution in [0.1, 0.15) is 6.92 Å². The predicted octanol–water partition coefficient (Wildman–Crippen LogP) is 3.33. The van der Waals surface area contributed by atoms with Gasteiger partial charge in [-0.1, -0.05) is 23.2 Å². The molecular formula is C13H17Cl3N2OS. The van der Waals surface area contributed by atoms with Crippen LogP contribution in [-0.2, 0) is 4.79 Å². The van der Waals surface area contributed by atoms with Gasteiger partial charge in [-0.25, -0.2) is 0 Å². The first-order valence-corrected chi connectivity index (χ1v) is 7.90. The summed E-state index contributed by atoms with van der Waals surface area (Å²) in [6, 6.07) is 5.54. The van der Waals surface area contributed by atoms with Crippen LogP contribution in [0.15, 0.2) is 23.1 Å². The van der Waals surface area contributed by atoms with Crippen molar-refractivity contribution in [1.29, 1.82) is 0 Å². The van der Waals surface area contributed by atoms with Crippen molar-refractivity contribution < 1.29 is 4.79 Å². The van der Waals surface area contributed by atoms with Crippen molar-refractivity contribution >= 4 is 53.3 Å². The van der Waals surface area contributed by atoms with Crippen LogP contribution in [-0.4, -0.2) is 42.2 Å². The minimum atomic E-state index is 0. The largest absolute Gasteiger partial charge is 0.337 e. The van der Waals surface area contributed by atoms with Crippen LogP contribution >= 0.6 is 47.4 Å². The Morgan fingerprint density at radius 3 is 2.95 bits per heavy atom. The van der Waals surface area contributed by atoms with E-state index in [4.69, 9.17) is 23.2 Å². The van der Waals surface area contributed by atoms with Gasteiger partial charge < -0.3 is 10.2 Å². The van der Waals surface area contributed by atoms with Crippen LogP contribution < -0.4 is 5.32 Å². The number of amides is 1. The Bertz CT molecular complexity index is 473. The molecular weight excluding hydrogens is 339 g/mol. The summed E-state index contributed by atoms with van der Waals surface area (Å²) in [5.41, 5.74) is 0. The molecule has 1 saturated heterocycles. The zero-order valence-corrected chi connectivity index (χ0v) is 14.2. The molecule has 0 saturated carbocycles. The molecule has 0 aromatic heterocycles. The second-order valence-corrected chi connectivity index (χ2v) is 6.36. The highest BCUT2D eigenvalue weighted by molar-refractivity contribution is 8.00. The van der Waals surface area contributed by atoms with Gasteiger partial charge in [0.25, 0.3) is 0 Å². The normalized spacial score (nSPS) is 18.6. The Labute approximate surface area is 139 Å². The van der Waals surface area contributed by atoms with E-state index in [0.29, 0.717) is 15.8 Å². The SMILES string of the molecule is CC1CNCCN1C(=O)CSc1cc(Cl)ccc1Cl.Cl. The van der Waals surface area contributed by atoms with E-state index < -0.39 is 0 Å². The van der Waals surface area contributed by atoms with Gasteiger partial charge in [0, 0.05) is 35.6 Å². The maximum absolute atomic E-state index is 12.2. The lowest BCUT2D eigenvalue weighted by Crippen LogP contribution is -2.52. The highest BCUT2D eigenvalue weighted by atomic mass is 35.5. The van der Waals surface area contributed by atoms with Crippen molar-refractivity contribution in [1.82, 2.24) is 10.2 Å². The highest BCUT2D eigenvalue weighted by Crippen LogP contribution is 2.30. The predicted molar refractivity (Wildman–Crippen MR) is 88.5 cm³/mol. The second kappa shape index (κ2) is 8.35. The summed E-state index contributed by atoms with van der Waals surface area (Å²) in [6.45, 7) is 4.54. The monoisotopic (exact) mass is 354 g/mol. The van der Waals surface area contributed by atoms with Crippen LogP contribution in [0.2, 0.25) is 10.0 Å². The molecule has 0 aliphatic carbocycles. The minimum Gasteiger partial charge on any atom is -0.337 e. The summed E-state index contributed by atoms with van der Waals surface area (Å²) >= 11 is 13.4. The number of carbonyl (C=O) groups is 1. The average Bonchev–Trinajstić information content (AvgIpc) is 2.40. The van der Waals surface area contributed by atoms with Crippen molar-refractivity contribution in [2.75, 3.05) is 25.4 Å². The molecule has 1 aromatic carbocycles. The van der Waals surface area contributed by atoms with E-state index in [1.54, 1.807) is 18.2 Å². The Kier molecular flexibility index (Phi) is 7.48. The first-order chi connectivity index (χ1) is 9.08. The highest BCUT2D eigenvalue weighted by Gasteiger charge is 2.22. The van der Waals surface area contributed by atoms with Gasteiger partial charge in [0.05, 0.1) is 10.8 Å². The lowest BCUT2D eigenvalue weighted by atomic mass is 10.2. The fourth-order valence-electron chi connectivity index (χ4n) is 2.02. The molecule has 1 aromatic rings. The summed E-state index contributed by atoms with van der Waals surface area (Å²) in [4.78, 5) is 15.0. The molecule has 7 heteroatoms. The molecule has 1 atom stereocenters. The number of piperazine rings is 1.